The molecule has 0 bridgehead atoms. The van der Waals surface area contributed by atoms with E-state index in [-0.39, 0.29) is 11.8 Å². The maximum absolute atomic E-state index is 13.3. The van der Waals surface area contributed by atoms with Crippen LogP contribution in [0.2, 0.25) is 0 Å². The number of rotatable bonds is 2. The third-order valence-corrected chi connectivity index (χ3v) is 1.95. The Morgan fingerprint density at radius 3 is 2.75 bits per heavy atom. The number of nitrogens with zero attached hydrogens (tertiary/aromatic N) is 2. The average molecular weight is 223 g/mol. The van der Waals surface area contributed by atoms with E-state index in [0.717, 1.165) is 12.1 Å². The first-order valence-corrected chi connectivity index (χ1v) is 4.23. The lowest BCUT2D eigenvalue weighted by molar-refractivity contribution is -0.387. The molecule has 0 amide bonds. The Morgan fingerprint density at radius 1 is 1.50 bits per heavy atom. The number of oxazole rings is 1. The quantitative estimate of drug-likeness (QED) is 0.620. The third kappa shape index (κ3) is 1.70. The summed E-state index contributed by atoms with van der Waals surface area (Å²) in [6, 6.07) is 3.37. The van der Waals surface area contributed by atoms with E-state index >= 15 is 0 Å². The number of hydrogen-bond acceptors (Lipinski definition) is 5. The molecule has 0 spiro atoms. The van der Waals surface area contributed by atoms with Crippen LogP contribution in [-0.2, 0) is 0 Å². The number of hydrogen-bond donors (Lipinski definition) is 1. The lowest BCUT2D eigenvalue weighted by Gasteiger charge is -1.97. The van der Waals surface area contributed by atoms with Crippen molar-refractivity contribution in [2.45, 2.75) is 0 Å². The van der Waals surface area contributed by atoms with Crippen molar-refractivity contribution >= 4 is 11.7 Å². The smallest absolute Gasteiger partial charge is 0.304 e. The van der Waals surface area contributed by atoms with Crippen LogP contribution in [0.5, 0.6) is 0 Å². The molecule has 0 aliphatic heterocycles. The number of aromatic nitrogens is 1. The fourth-order valence-electron chi connectivity index (χ4n) is 1.23. The molecule has 0 saturated carbocycles. The molecule has 1 aromatic carbocycles. The highest BCUT2D eigenvalue weighted by atomic mass is 19.1. The number of halogens is 1. The van der Waals surface area contributed by atoms with Gasteiger partial charge in [-0.1, -0.05) is 0 Å². The van der Waals surface area contributed by atoms with Crippen molar-refractivity contribution in [3.05, 3.63) is 40.3 Å². The predicted molar refractivity (Wildman–Crippen MR) is 53.0 cm³/mol. The molecule has 0 aliphatic rings. The van der Waals surface area contributed by atoms with Crippen LogP contribution in [0, 0.1) is 15.9 Å². The number of nitrogens with two attached hydrogens (primary N) is 1. The third-order valence-electron chi connectivity index (χ3n) is 1.95. The van der Waals surface area contributed by atoms with Crippen LogP contribution in [0.15, 0.2) is 28.8 Å². The Balaban J connectivity index is 2.45. The number of nitro groups is 1. The molecule has 0 fully saturated rings. The summed E-state index contributed by atoms with van der Waals surface area (Å²) < 4.78 is 18.2. The Morgan fingerprint density at radius 2 is 2.25 bits per heavy atom. The van der Waals surface area contributed by atoms with Gasteiger partial charge in [0.15, 0.2) is 5.76 Å². The molecule has 1 aromatic heterocycles. The first-order valence-electron chi connectivity index (χ1n) is 4.23. The minimum Gasteiger partial charge on any atom is -0.424 e. The normalized spacial score (nSPS) is 10.3. The summed E-state index contributed by atoms with van der Waals surface area (Å²) in [5.41, 5.74) is 5.01. The fourth-order valence-corrected chi connectivity index (χ4v) is 1.23. The molecule has 6 nitrogen and oxygen atoms in total. The molecule has 0 aliphatic carbocycles. The highest BCUT2D eigenvalue weighted by Crippen LogP contribution is 2.26. The van der Waals surface area contributed by atoms with Gasteiger partial charge in [0.25, 0.3) is 6.01 Å². The Hall–Kier alpha value is -2.44. The van der Waals surface area contributed by atoms with Gasteiger partial charge in [-0.05, 0) is 12.1 Å². The maximum atomic E-state index is 13.3. The summed E-state index contributed by atoms with van der Waals surface area (Å²) in [5.74, 6) is -0.677. The number of anilines is 1. The Labute approximate surface area is 88.7 Å². The van der Waals surface area contributed by atoms with Crippen LogP contribution >= 0.6 is 0 Å². The van der Waals surface area contributed by atoms with E-state index in [2.05, 4.69) is 4.98 Å². The standard InChI is InChI=1S/C9H6FN3O3/c10-6-3-5(1-2-7(6)13(14)15)8-4-12-9(11)16-8/h1-4H,(H2,11,12). The molecule has 7 heteroatoms. The lowest BCUT2D eigenvalue weighted by Crippen LogP contribution is -1.92. The molecule has 2 aromatic rings. The zero-order valence-electron chi connectivity index (χ0n) is 7.88. The number of nitro benzene ring substituents is 1. The maximum Gasteiger partial charge on any atom is 0.304 e. The van der Waals surface area contributed by atoms with Gasteiger partial charge in [-0.15, -0.1) is 0 Å². The Bertz CT molecular complexity index is 553. The summed E-state index contributed by atoms with van der Waals surface area (Å²) in [6.45, 7) is 0. The van der Waals surface area contributed by atoms with Crippen molar-refractivity contribution in [1.82, 2.24) is 4.98 Å². The summed E-state index contributed by atoms with van der Waals surface area (Å²) in [7, 11) is 0. The molecule has 0 saturated heterocycles. The minimum atomic E-state index is -0.933. The van der Waals surface area contributed by atoms with Crippen LogP contribution in [0.3, 0.4) is 0 Å². The average Bonchev–Trinajstić information content (AvgIpc) is 2.64. The molecule has 16 heavy (non-hydrogen) atoms. The van der Waals surface area contributed by atoms with Crippen molar-refractivity contribution in [2.75, 3.05) is 5.73 Å². The van der Waals surface area contributed by atoms with Crippen LogP contribution in [0.4, 0.5) is 16.1 Å². The molecule has 0 unspecified atom stereocenters. The summed E-state index contributed by atoms with van der Waals surface area (Å²) in [4.78, 5) is 13.2. The van der Waals surface area contributed by atoms with E-state index in [1.54, 1.807) is 0 Å². The zero-order chi connectivity index (χ0) is 11.7. The van der Waals surface area contributed by atoms with E-state index in [4.69, 9.17) is 10.2 Å². The van der Waals surface area contributed by atoms with Crippen molar-refractivity contribution in [3.8, 4) is 11.3 Å². The summed E-state index contributed by atoms with van der Waals surface area (Å²) in [5, 5.41) is 10.4. The first-order chi connectivity index (χ1) is 7.58. The lowest BCUT2D eigenvalue weighted by atomic mass is 10.1. The molecule has 82 valence electrons. The van der Waals surface area contributed by atoms with E-state index in [1.807, 2.05) is 0 Å². The molecule has 2 rings (SSSR count). The van der Waals surface area contributed by atoms with Crippen molar-refractivity contribution < 1.29 is 13.7 Å². The highest BCUT2D eigenvalue weighted by molar-refractivity contribution is 5.59. The van der Waals surface area contributed by atoms with Gasteiger partial charge < -0.3 is 10.2 Å². The molecular weight excluding hydrogens is 217 g/mol. The van der Waals surface area contributed by atoms with E-state index in [9.17, 15) is 14.5 Å². The van der Waals surface area contributed by atoms with Gasteiger partial charge in [0.1, 0.15) is 0 Å². The number of nitrogen functional groups attached to an aromatic ring is 1. The van der Waals surface area contributed by atoms with Gasteiger partial charge in [0.2, 0.25) is 5.82 Å². The molecule has 1 heterocycles. The van der Waals surface area contributed by atoms with Gasteiger partial charge >= 0.3 is 5.69 Å². The van der Waals surface area contributed by atoms with Crippen LogP contribution in [0.1, 0.15) is 0 Å². The van der Waals surface area contributed by atoms with Gasteiger partial charge in [-0.25, -0.2) is 4.98 Å². The van der Waals surface area contributed by atoms with Gasteiger partial charge in [0, 0.05) is 11.6 Å². The first kappa shape index (κ1) is 10.1. The highest BCUT2D eigenvalue weighted by Gasteiger charge is 2.15. The van der Waals surface area contributed by atoms with Crippen LogP contribution in [0.25, 0.3) is 11.3 Å². The van der Waals surface area contributed by atoms with Crippen molar-refractivity contribution in [1.29, 1.82) is 0 Å². The molecule has 2 N–H and O–H groups in total. The van der Waals surface area contributed by atoms with Crippen molar-refractivity contribution in [3.63, 3.8) is 0 Å². The largest absolute Gasteiger partial charge is 0.424 e. The van der Waals surface area contributed by atoms with Crippen molar-refractivity contribution in [2.24, 2.45) is 0 Å². The minimum absolute atomic E-state index is 0.0474. The monoisotopic (exact) mass is 223 g/mol. The topological polar surface area (TPSA) is 95.2 Å². The molecule has 0 atom stereocenters. The summed E-state index contributed by atoms with van der Waals surface area (Å²) in [6.07, 6.45) is 1.32. The van der Waals surface area contributed by atoms with Crippen LogP contribution in [-0.4, -0.2) is 9.91 Å². The number of benzene rings is 1. The second-order valence-electron chi connectivity index (χ2n) is 2.99. The summed E-state index contributed by atoms with van der Waals surface area (Å²) >= 11 is 0. The fraction of sp³-hybridized carbons (Fsp3) is 0. The van der Waals surface area contributed by atoms with E-state index in [1.165, 1.54) is 12.3 Å². The second-order valence-corrected chi connectivity index (χ2v) is 2.99. The molecular formula is C9H6FN3O3. The predicted octanol–water partition coefficient (Wildman–Crippen LogP) is 1.97. The van der Waals surface area contributed by atoms with Gasteiger partial charge in [-0.2, -0.15) is 4.39 Å². The molecule has 0 radical (unpaired) electrons. The van der Waals surface area contributed by atoms with E-state index < -0.39 is 16.4 Å². The van der Waals surface area contributed by atoms with Gasteiger partial charge in [0.05, 0.1) is 11.1 Å². The second kappa shape index (κ2) is 3.61. The van der Waals surface area contributed by atoms with Gasteiger partial charge in [-0.3, -0.25) is 10.1 Å². The van der Waals surface area contributed by atoms with Crippen LogP contribution < -0.4 is 5.73 Å². The Kier molecular flexibility index (Phi) is 2.28. The van der Waals surface area contributed by atoms with E-state index in [0.29, 0.717) is 5.56 Å². The SMILES string of the molecule is Nc1ncc(-c2ccc([N+](=O)[O-])c(F)c2)o1. The zero-order valence-corrected chi connectivity index (χ0v) is 7.88.